The second-order valence-electron chi connectivity index (χ2n) is 6.91. The minimum Gasteiger partial charge on any atom is -0.497 e. The summed E-state index contributed by atoms with van der Waals surface area (Å²) < 4.78 is 16.2. The average Bonchev–Trinajstić information content (AvgIpc) is 3.26. The van der Waals surface area contributed by atoms with Crippen LogP contribution in [0.15, 0.2) is 79.0 Å². The van der Waals surface area contributed by atoms with Crippen LogP contribution in [0.1, 0.15) is 32.4 Å². The van der Waals surface area contributed by atoms with Crippen molar-refractivity contribution < 1.29 is 23.8 Å². The molecule has 6 nitrogen and oxygen atoms in total. The van der Waals surface area contributed by atoms with E-state index in [9.17, 15) is 9.59 Å². The second kappa shape index (κ2) is 8.75. The summed E-state index contributed by atoms with van der Waals surface area (Å²) >= 11 is 0. The molecule has 1 aromatic heterocycles. The van der Waals surface area contributed by atoms with Crippen LogP contribution in [0.4, 0.5) is 0 Å². The highest BCUT2D eigenvalue weighted by Gasteiger charge is 2.29. The first kappa shape index (κ1) is 20.2. The van der Waals surface area contributed by atoms with Crippen LogP contribution in [-0.2, 0) is 4.74 Å². The molecule has 0 aliphatic heterocycles. The largest absolute Gasteiger partial charge is 0.497 e. The van der Waals surface area contributed by atoms with Crippen LogP contribution in [0.25, 0.3) is 10.9 Å². The maximum Gasteiger partial charge on any atom is 0.339 e. The fraction of sp³-hybridized carbons (Fsp3) is 0.120. The molecule has 1 N–H and O–H groups in total. The van der Waals surface area contributed by atoms with Crippen molar-refractivity contribution in [2.45, 2.75) is 6.10 Å². The highest BCUT2D eigenvalue weighted by atomic mass is 16.5. The number of hydrogen-bond acceptors (Lipinski definition) is 5. The second-order valence-corrected chi connectivity index (χ2v) is 6.91. The number of nitrogens with one attached hydrogen (secondary N) is 1. The molecule has 0 fully saturated rings. The molecule has 0 spiro atoms. The Morgan fingerprint density at radius 3 is 2.16 bits per heavy atom. The molecule has 0 amide bonds. The van der Waals surface area contributed by atoms with E-state index in [1.807, 2.05) is 30.3 Å². The first-order chi connectivity index (χ1) is 15.1. The molecule has 1 heterocycles. The van der Waals surface area contributed by atoms with Gasteiger partial charge in [0.1, 0.15) is 11.5 Å². The molecule has 6 heteroatoms. The zero-order valence-corrected chi connectivity index (χ0v) is 17.1. The molecule has 0 saturated carbocycles. The number of hydrogen-bond donors (Lipinski definition) is 1. The van der Waals surface area contributed by atoms with Crippen LogP contribution < -0.4 is 9.47 Å². The Bertz CT molecular complexity index is 1210. The van der Waals surface area contributed by atoms with E-state index in [2.05, 4.69) is 4.98 Å². The zero-order valence-electron chi connectivity index (χ0n) is 17.1. The van der Waals surface area contributed by atoms with Crippen LogP contribution in [0.3, 0.4) is 0 Å². The van der Waals surface area contributed by atoms with Crippen LogP contribution in [0.2, 0.25) is 0 Å². The summed E-state index contributed by atoms with van der Waals surface area (Å²) in [6, 6.07) is 21.2. The van der Waals surface area contributed by atoms with Crippen molar-refractivity contribution in [2.75, 3.05) is 14.2 Å². The van der Waals surface area contributed by atoms with E-state index in [-0.39, 0.29) is 11.3 Å². The highest BCUT2D eigenvalue weighted by molar-refractivity contribution is 6.11. The normalized spacial score (nSPS) is 11.7. The van der Waals surface area contributed by atoms with Gasteiger partial charge in [0.25, 0.3) is 0 Å². The third-order valence-corrected chi connectivity index (χ3v) is 5.01. The van der Waals surface area contributed by atoms with Gasteiger partial charge in [0.15, 0.2) is 6.10 Å². The van der Waals surface area contributed by atoms with Crippen LogP contribution in [0.5, 0.6) is 11.5 Å². The van der Waals surface area contributed by atoms with E-state index >= 15 is 0 Å². The maximum atomic E-state index is 13.5. The highest BCUT2D eigenvalue weighted by Crippen LogP contribution is 2.29. The standard InChI is InChI=1S/C25H21NO5/c1-29-18-12-17(13-19(14-18)30-2)25(28)31-24(16-8-4-3-5-9-16)23(27)21-15-26-22-11-7-6-10-20(21)22/h3-15,24,26H,1-2H3/t24-/m0/s1. The van der Waals surface area contributed by atoms with Gasteiger partial charge in [-0.15, -0.1) is 0 Å². The zero-order chi connectivity index (χ0) is 21.8. The van der Waals surface area contributed by atoms with Crippen molar-refractivity contribution in [1.29, 1.82) is 0 Å². The van der Waals surface area contributed by atoms with Gasteiger partial charge in [-0.25, -0.2) is 4.79 Å². The van der Waals surface area contributed by atoms with Crippen molar-refractivity contribution in [3.8, 4) is 11.5 Å². The van der Waals surface area contributed by atoms with Gasteiger partial charge < -0.3 is 19.2 Å². The van der Waals surface area contributed by atoms with Crippen molar-refractivity contribution in [3.63, 3.8) is 0 Å². The molecule has 31 heavy (non-hydrogen) atoms. The van der Waals surface area contributed by atoms with Gasteiger partial charge in [0, 0.05) is 34.3 Å². The summed E-state index contributed by atoms with van der Waals surface area (Å²) in [7, 11) is 2.99. The van der Waals surface area contributed by atoms with Gasteiger partial charge >= 0.3 is 5.97 Å². The molecular weight excluding hydrogens is 394 g/mol. The number of carbonyl (C=O) groups excluding carboxylic acids is 2. The predicted molar refractivity (Wildman–Crippen MR) is 117 cm³/mol. The molecule has 0 radical (unpaired) electrons. The fourth-order valence-corrected chi connectivity index (χ4v) is 3.42. The van der Waals surface area contributed by atoms with Gasteiger partial charge in [-0.05, 0) is 18.2 Å². The molecular formula is C25H21NO5. The first-order valence-electron chi connectivity index (χ1n) is 9.70. The summed E-state index contributed by atoms with van der Waals surface area (Å²) in [5.74, 6) is -0.0675. The Hall–Kier alpha value is -4.06. The van der Waals surface area contributed by atoms with Gasteiger partial charge in [-0.3, -0.25) is 4.79 Å². The van der Waals surface area contributed by atoms with Crippen LogP contribution >= 0.6 is 0 Å². The fourth-order valence-electron chi connectivity index (χ4n) is 3.42. The van der Waals surface area contributed by atoms with Gasteiger partial charge in [-0.1, -0.05) is 48.5 Å². The molecule has 0 bridgehead atoms. The van der Waals surface area contributed by atoms with Gasteiger partial charge in [-0.2, -0.15) is 0 Å². The summed E-state index contributed by atoms with van der Waals surface area (Å²) in [6.45, 7) is 0. The van der Waals surface area contributed by atoms with E-state index in [1.54, 1.807) is 48.7 Å². The molecule has 156 valence electrons. The minimum atomic E-state index is -1.11. The van der Waals surface area contributed by atoms with Crippen molar-refractivity contribution in [2.24, 2.45) is 0 Å². The molecule has 0 aliphatic rings. The monoisotopic (exact) mass is 415 g/mol. The number of para-hydroxylation sites is 1. The third-order valence-electron chi connectivity index (χ3n) is 5.01. The lowest BCUT2D eigenvalue weighted by atomic mass is 9.99. The number of benzene rings is 3. The number of Topliss-reactive ketones (excluding diaryl/α,β-unsaturated/α-hetero) is 1. The summed E-state index contributed by atoms with van der Waals surface area (Å²) in [4.78, 5) is 29.6. The lowest BCUT2D eigenvalue weighted by Crippen LogP contribution is -2.20. The van der Waals surface area contributed by atoms with E-state index in [4.69, 9.17) is 14.2 Å². The van der Waals surface area contributed by atoms with Gasteiger partial charge in [0.05, 0.1) is 19.8 Å². The lowest BCUT2D eigenvalue weighted by molar-refractivity contribution is 0.0280. The number of ketones is 1. The minimum absolute atomic E-state index is 0.226. The number of H-pyrrole nitrogens is 1. The van der Waals surface area contributed by atoms with E-state index < -0.39 is 12.1 Å². The summed E-state index contributed by atoms with van der Waals surface area (Å²) in [5, 5.41) is 0.771. The number of ether oxygens (including phenoxy) is 3. The lowest BCUT2D eigenvalue weighted by Gasteiger charge is -2.18. The van der Waals surface area contributed by atoms with E-state index in [0.29, 0.717) is 22.6 Å². The molecule has 0 aliphatic carbocycles. The number of carbonyl (C=O) groups is 2. The summed E-state index contributed by atoms with van der Waals surface area (Å²) in [6.07, 6.45) is 0.538. The number of fused-ring (bicyclic) bond motifs is 1. The molecule has 4 aromatic rings. The van der Waals surface area contributed by atoms with Gasteiger partial charge in [0.2, 0.25) is 5.78 Å². The molecule has 4 rings (SSSR count). The molecule has 0 saturated heterocycles. The number of aromatic nitrogens is 1. The Balaban J connectivity index is 1.71. The predicted octanol–water partition coefficient (Wildman–Crippen LogP) is 4.97. The average molecular weight is 415 g/mol. The molecule has 3 aromatic carbocycles. The number of esters is 1. The Morgan fingerprint density at radius 2 is 1.48 bits per heavy atom. The quantitative estimate of drug-likeness (QED) is 0.341. The molecule has 1 atom stereocenters. The smallest absolute Gasteiger partial charge is 0.339 e. The summed E-state index contributed by atoms with van der Waals surface area (Å²) in [5.41, 5.74) is 2.10. The topological polar surface area (TPSA) is 77.6 Å². The maximum absolute atomic E-state index is 13.5. The first-order valence-corrected chi connectivity index (χ1v) is 9.70. The van der Waals surface area contributed by atoms with Crippen molar-refractivity contribution in [1.82, 2.24) is 4.98 Å². The third kappa shape index (κ3) is 4.14. The molecule has 0 unspecified atom stereocenters. The number of methoxy groups -OCH3 is 2. The Labute approximate surface area is 179 Å². The Kier molecular flexibility index (Phi) is 5.71. The number of rotatable bonds is 7. The van der Waals surface area contributed by atoms with Crippen LogP contribution in [0, 0.1) is 0 Å². The van der Waals surface area contributed by atoms with Crippen LogP contribution in [-0.4, -0.2) is 31.0 Å². The van der Waals surface area contributed by atoms with Crippen molar-refractivity contribution >= 4 is 22.7 Å². The Morgan fingerprint density at radius 1 is 0.839 bits per heavy atom. The van der Waals surface area contributed by atoms with E-state index in [0.717, 1.165) is 10.9 Å². The van der Waals surface area contributed by atoms with E-state index in [1.165, 1.54) is 14.2 Å². The van der Waals surface area contributed by atoms with Crippen molar-refractivity contribution in [3.05, 3.63) is 95.7 Å². The number of aromatic amines is 1. The SMILES string of the molecule is COc1cc(OC)cc(C(=O)O[C@H](C(=O)c2c[nH]c3ccccc23)c2ccccc2)c1.